The van der Waals surface area contributed by atoms with E-state index in [0.717, 1.165) is 38.0 Å². The summed E-state index contributed by atoms with van der Waals surface area (Å²) in [6.45, 7) is 0.595. The second-order valence-electron chi connectivity index (χ2n) is 6.56. The van der Waals surface area contributed by atoms with E-state index in [2.05, 4.69) is 11.2 Å². The standard InChI is InChI=1S/C22H17N3O3S2/c1-2-9-25-21(27)19(30-22(25)28)11-15-13-24(18-8-4-3-7-17(15)18)14-20(26)23-12-16-6-5-10-29-16/h1,3-8,10-11,13H,9,12,14H2,(H,23,26)/b19-11-. The van der Waals surface area contributed by atoms with Crippen molar-refractivity contribution in [2.24, 2.45) is 0 Å². The van der Waals surface area contributed by atoms with Crippen LogP contribution in [0.15, 0.2) is 52.9 Å². The van der Waals surface area contributed by atoms with Crippen molar-refractivity contribution in [1.82, 2.24) is 14.8 Å². The molecule has 1 aliphatic heterocycles. The summed E-state index contributed by atoms with van der Waals surface area (Å²) in [6.07, 6.45) is 8.75. The van der Waals surface area contributed by atoms with E-state index >= 15 is 0 Å². The number of rotatable bonds is 6. The van der Waals surface area contributed by atoms with Crippen molar-refractivity contribution in [2.45, 2.75) is 13.1 Å². The van der Waals surface area contributed by atoms with Crippen LogP contribution >= 0.6 is 23.1 Å². The minimum atomic E-state index is -0.395. The van der Waals surface area contributed by atoms with Crippen molar-refractivity contribution in [1.29, 1.82) is 0 Å². The molecule has 3 heterocycles. The average Bonchev–Trinajstić information content (AvgIpc) is 3.44. The number of hydrogen-bond donors (Lipinski definition) is 1. The lowest BCUT2D eigenvalue weighted by Crippen LogP contribution is -2.28. The first-order chi connectivity index (χ1) is 14.6. The summed E-state index contributed by atoms with van der Waals surface area (Å²) in [7, 11) is 0. The third-order valence-electron chi connectivity index (χ3n) is 4.58. The van der Waals surface area contributed by atoms with Crippen LogP contribution in [0.25, 0.3) is 17.0 Å². The van der Waals surface area contributed by atoms with Gasteiger partial charge in [-0.25, -0.2) is 0 Å². The lowest BCUT2D eigenvalue weighted by Gasteiger charge is -2.06. The van der Waals surface area contributed by atoms with Crippen LogP contribution in [0, 0.1) is 12.3 Å². The van der Waals surface area contributed by atoms with Crippen LogP contribution in [0.4, 0.5) is 4.79 Å². The Morgan fingerprint density at radius 3 is 2.80 bits per heavy atom. The van der Waals surface area contributed by atoms with E-state index in [-0.39, 0.29) is 24.2 Å². The summed E-state index contributed by atoms with van der Waals surface area (Å²) in [5.74, 6) is 1.83. The highest BCUT2D eigenvalue weighted by molar-refractivity contribution is 8.18. The van der Waals surface area contributed by atoms with Crippen LogP contribution in [-0.4, -0.2) is 33.1 Å². The van der Waals surface area contributed by atoms with Gasteiger partial charge in [0, 0.05) is 27.5 Å². The first-order valence-electron chi connectivity index (χ1n) is 9.12. The number of terminal acetylenes is 1. The highest BCUT2D eigenvalue weighted by atomic mass is 32.2. The van der Waals surface area contributed by atoms with Gasteiger partial charge in [0.2, 0.25) is 5.91 Å². The Bertz CT molecular complexity index is 1200. The Balaban J connectivity index is 1.58. The molecule has 3 amide bonds. The van der Waals surface area contributed by atoms with Gasteiger partial charge in [-0.1, -0.05) is 30.2 Å². The lowest BCUT2D eigenvalue weighted by molar-refractivity contribution is -0.122. The first kappa shape index (κ1) is 20.0. The molecule has 6 nitrogen and oxygen atoms in total. The second kappa shape index (κ2) is 8.61. The Morgan fingerprint density at radius 1 is 1.20 bits per heavy atom. The van der Waals surface area contributed by atoms with Crippen molar-refractivity contribution in [3.8, 4) is 12.3 Å². The van der Waals surface area contributed by atoms with E-state index in [4.69, 9.17) is 6.42 Å². The van der Waals surface area contributed by atoms with Crippen LogP contribution in [0.1, 0.15) is 10.4 Å². The van der Waals surface area contributed by atoms with E-state index in [1.54, 1.807) is 17.4 Å². The molecule has 0 atom stereocenters. The Hall–Kier alpha value is -3.28. The summed E-state index contributed by atoms with van der Waals surface area (Å²) >= 11 is 2.46. The number of benzene rings is 1. The molecule has 8 heteroatoms. The van der Waals surface area contributed by atoms with Crippen LogP contribution < -0.4 is 5.32 Å². The average molecular weight is 436 g/mol. The fourth-order valence-electron chi connectivity index (χ4n) is 3.20. The maximum absolute atomic E-state index is 12.5. The zero-order valence-corrected chi connectivity index (χ0v) is 17.5. The number of thioether (sulfide) groups is 1. The van der Waals surface area contributed by atoms with E-state index in [0.29, 0.717) is 11.4 Å². The fraction of sp³-hybridized carbons (Fsp3) is 0.136. The molecule has 0 aliphatic carbocycles. The van der Waals surface area contributed by atoms with Crippen LogP contribution in [0.3, 0.4) is 0 Å². The van der Waals surface area contributed by atoms with Gasteiger partial charge in [0.25, 0.3) is 11.1 Å². The molecule has 0 radical (unpaired) electrons. The van der Waals surface area contributed by atoms with Gasteiger partial charge in [-0.2, -0.15) is 0 Å². The molecule has 1 N–H and O–H groups in total. The maximum atomic E-state index is 12.5. The quantitative estimate of drug-likeness (QED) is 0.474. The number of nitrogens with one attached hydrogen (secondary N) is 1. The monoisotopic (exact) mass is 435 g/mol. The highest BCUT2D eigenvalue weighted by Gasteiger charge is 2.34. The number of para-hydroxylation sites is 1. The molecule has 0 unspecified atom stereocenters. The Labute approximate surface area is 181 Å². The van der Waals surface area contributed by atoms with Crippen molar-refractivity contribution in [3.63, 3.8) is 0 Å². The molecular weight excluding hydrogens is 418 g/mol. The second-order valence-corrected chi connectivity index (χ2v) is 8.58. The Morgan fingerprint density at radius 2 is 2.03 bits per heavy atom. The molecule has 0 spiro atoms. The van der Waals surface area contributed by atoms with Crippen molar-refractivity contribution in [3.05, 3.63) is 63.3 Å². The molecule has 3 aromatic rings. The number of amides is 3. The SMILES string of the molecule is C#CCN1C(=O)S/C(=C\c2cn(CC(=O)NCc3cccs3)c3ccccc23)C1=O. The van der Waals surface area contributed by atoms with Crippen LogP contribution in [0.5, 0.6) is 0 Å². The minimum absolute atomic E-state index is 0.0474. The van der Waals surface area contributed by atoms with Gasteiger partial charge in [0.05, 0.1) is 18.0 Å². The third-order valence-corrected chi connectivity index (χ3v) is 6.37. The topological polar surface area (TPSA) is 71.4 Å². The number of aromatic nitrogens is 1. The molecule has 0 saturated carbocycles. The van der Waals surface area contributed by atoms with Crippen molar-refractivity contribution < 1.29 is 14.4 Å². The fourth-order valence-corrected chi connectivity index (χ4v) is 4.67. The number of hydrogen-bond acceptors (Lipinski definition) is 5. The molecule has 30 heavy (non-hydrogen) atoms. The van der Waals surface area contributed by atoms with Crippen LogP contribution in [0.2, 0.25) is 0 Å². The molecule has 1 fully saturated rings. The highest BCUT2D eigenvalue weighted by Crippen LogP contribution is 2.33. The van der Waals surface area contributed by atoms with Crippen molar-refractivity contribution in [2.75, 3.05) is 6.54 Å². The zero-order valence-electron chi connectivity index (χ0n) is 15.8. The number of thiophene rings is 1. The smallest absolute Gasteiger partial charge is 0.294 e. The summed E-state index contributed by atoms with van der Waals surface area (Å²) in [6, 6.07) is 11.6. The minimum Gasteiger partial charge on any atom is -0.350 e. The summed E-state index contributed by atoms with van der Waals surface area (Å²) in [4.78, 5) is 39.4. The van der Waals surface area contributed by atoms with Crippen molar-refractivity contribution >= 4 is 57.1 Å². The molecule has 4 rings (SSSR count). The van der Waals surface area contributed by atoms with Gasteiger partial charge >= 0.3 is 0 Å². The normalized spacial score (nSPS) is 15.2. The number of carbonyl (C=O) groups is 3. The molecule has 1 saturated heterocycles. The molecule has 1 aromatic carbocycles. The Kier molecular flexibility index (Phi) is 5.74. The van der Waals surface area contributed by atoms with E-state index < -0.39 is 5.91 Å². The number of carbonyl (C=O) groups excluding carboxylic acids is 3. The van der Waals surface area contributed by atoms with Gasteiger partial charge < -0.3 is 9.88 Å². The number of fused-ring (bicyclic) bond motifs is 1. The summed E-state index contributed by atoms with van der Waals surface area (Å²) in [5, 5.41) is 5.41. The predicted octanol–water partition coefficient (Wildman–Crippen LogP) is 3.69. The summed E-state index contributed by atoms with van der Waals surface area (Å²) in [5.41, 5.74) is 1.64. The third kappa shape index (κ3) is 4.03. The van der Waals surface area contributed by atoms with Crippen LogP contribution in [-0.2, 0) is 22.7 Å². The van der Waals surface area contributed by atoms with Gasteiger partial charge in [-0.15, -0.1) is 17.8 Å². The van der Waals surface area contributed by atoms with E-state index in [9.17, 15) is 14.4 Å². The maximum Gasteiger partial charge on any atom is 0.294 e. The lowest BCUT2D eigenvalue weighted by atomic mass is 10.1. The largest absolute Gasteiger partial charge is 0.350 e. The first-order valence-corrected chi connectivity index (χ1v) is 10.8. The summed E-state index contributed by atoms with van der Waals surface area (Å²) < 4.78 is 1.84. The number of nitrogens with zero attached hydrogens (tertiary/aromatic N) is 2. The predicted molar refractivity (Wildman–Crippen MR) is 120 cm³/mol. The van der Waals surface area contributed by atoms with Gasteiger partial charge in [0.1, 0.15) is 6.54 Å². The number of imide groups is 1. The zero-order chi connectivity index (χ0) is 21.1. The molecule has 2 aromatic heterocycles. The molecule has 150 valence electrons. The van der Waals surface area contributed by atoms with E-state index in [1.165, 1.54) is 0 Å². The van der Waals surface area contributed by atoms with E-state index in [1.807, 2.05) is 52.5 Å². The molecule has 1 aliphatic rings. The van der Waals surface area contributed by atoms with Gasteiger partial charge in [0.15, 0.2) is 0 Å². The molecule has 0 bridgehead atoms. The van der Waals surface area contributed by atoms with Gasteiger partial charge in [-0.05, 0) is 35.4 Å². The molecular formula is C22H17N3O3S2. The van der Waals surface area contributed by atoms with Gasteiger partial charge in [-0.3, -0.25) is 19.3 Å².